The fourth-order valence-electron chi connectivity index (χ4n) is 1.86. The molecule has 1 rings (SSSR count). The van der Waals surface area contributed by atoms with E-state index in [-0.39, 0.29) is 25.3 Å². The summed E-state index contributed by atoms with van der Waals surface area (Å²) in [6.07, 6.45) is 0.654. The van der Waals surface area contributed by atoms with Crippen molar-refractivity contribution in [2.75, 3.05) is 39.9 Å². The molecule has 88 valence electrons. The van der Waals surface area contributed by atoms with Crippen molar-refractivity contribution < 1.29 is 14.6 Å². The van der Waals surface area contributed by atoms with Crippen LogP contribution in [0.3, 0.4) is 0 Å². The zero-order valence-corrected chi connectivity index (χ0v) is 9.48. The van der Waals surface area contributed by atoms with E-state index >= 15 is 0 Å². The van der Waals surface area contributed by atoms with Gasteiger partial charge in [0, 0.05) is 19.1 Å². The molecule has 0 aromatic carbocycles. The van der Waals surface area contributed by atoms with Gasteiger partial charge in [0.25, 0.3) is 0 Å². The molecule has 1 unspecified atom stereocenters. The maximum absolute atomic E-state index is 11.6. The molecular formula is C10H20N2O3. The Kier molecular flexibility index (Phi) is 4.84. The van der Waals surface area contributed by atoms with Crippen LogP contribution in [0.25, 0.3) is 0 Å². The summed E-state index contributed by atoms with van der Waals surface area (Å²) in [5.74, 6) is 0. The molecule has 5 heteroatoms. The Balaban J connectivity index is 2.47. The number of carbonyl (C=O) groups is 1. The molecule has 15 heavy (non-hydrogen) atoms. The predicted octanol–water partition coefficient (Wildman–Crippen LogP) is 0.141. The number of carbonyl (C=O) groups excluding carboxylic acids is 1. The lowest BCUT2D eigenvalue weighted by molar-refractivity contribution is 0.0740. The lowest BCUT2D eigenvalue weighted by atomic mass is 10.3. The summed E-state index contributed by atoms with van der Waals surface area (Å²) >= 11 is 0. The maximum atomic E-state index is 11.6. The first-order valence-electron chi connectivity index (χ1n) is 5.38. The Morgan fingerprint density at radius 2 is 2.27 bits per heavy atom. The van der Waals surface area contributed by atoms with E-state index in [1.54, 1.807) is 4.90 Å². The molecule has 5 nitrogen and oxygen atoms in total. The van der Waals surface area contributed by atoms with Gasteiger partial charge in [0.2, 0.25) is 0 Å². The normalized spacial score (nSPS) is 23.7. The third kappa shape index (κ3) is 3.68. The van der Waals surface area contributed by atoms with Crippen molar-refractivity contribution >= 4 is 6.09 Å². The molecular weight excluding hydrogens is 196 g/mol. The van der Waals surface area contributed by atoms with Crippen molar-refractivity contribution in [3.8, 4) is 0 Å². The molecule has 1 heterocycles. The minimum atomic E-state index is -0.313. The SMILES string of the molecule is CC1CN(C)CCCN1C(=O)OCCO. The maximum Gasteiger partial charge on any atom is 0.410 e. The number of ether oxygens (including phenoxy) is 1. The van der Waals surface area contributed by atoms with Gasteiger partial charge in [-0.1, -0.05) is 0 Å². The quantitative estimate of drug-likeness (QED) is 0.713. The molecule has 0 radical (unpaired) electrons. The first-order chi connectivity index (χ1) is 7.15. The van der Waals surface area contributed by atoms with Crippen LogP contribution < -0.4 is 0 Å². The van der Waals surface area contributed by atoms with Gasteiger partial charge in [0.1, 0.15) is 6.61 Å². The van der Waals surface area contributed by atoms with Crippen LogP contribution in [0.2, 0.25) is 0 Å². The highest BCUT2D eigenvalue weighted by Gasteiger charge is 2.24. The lowest BCUT2D eigenvalue weighted by Gasteiger charge is -2.27. The first-order valence-corrected chi connectivity index (χ1v) is 5.38. The molecule has 0 bridgehead atoms. The van der Waals surface area contributed by atoms with E-state index in [1.165, 1.54) is 0 Å². The summed E-state index contributed by atoms with van der Waals surface area (Å²) in [7, 11) is 2.05. The van der Waals surface area contributed by atoms with E-state index < -0.39 is 0 Å². The number of rotatable bonds is 2. The van der Waals surface area contributed by atoms with E-state index in [0.717, 1.165) is 26.1 Å². The smallest absolute Gasteiger partial charge is 0.410 e. The molecule has 1 saturated heterocycles. The second-order valence-electron chi connectivity index (χ2n) is 4.00. The first kappa shape index (κ1) is 12.3. The van der Waals surface area contributed by atoms with E-state index in [0.29, 0.717) is 0 Å². The Morgan fingerprint density at radius 3 is 2.93 bits per heavy atom. The summed E-state index contributed by atoms with van der Waals surface area (Å²) in [5.41, 5.74) is 0. The number of likely N-dealkylation sites (N-methyl/N-ethyl adjacent to an activating group) is 1. The molecule has 1 aliphatic rings. The largest absolute Gasteiger partial charge is 0.447 e. The van der Waals surface area contributed by atoms with Crippen LogP contribution in [0.15, 0.2) is 0 Å². The van der Waals surface area contributed by atoms with Gasteiger partial charge in [-0.15, -0.1) is 0 Å². The molecule has 0 aromatic rings. The number of hydrogen-bond donors (Lipinski definition) is 1. The monoisotopic (exact) mass is 216 g/mol. The van der Waals surface area contributed by atoms with Crippen LogP contribution in [0.1, 0.15) is 13.3 Å². The van der Waals surface area contributed by atoms with E-state index in [9.17, 15) is 4.79 Å². The Labute approximate surface area is 90.6 Å². The van der Waals surface area contributed by atoms with Crippen LogP contribution in [0, 0.1) is 0 Å². The van der Waals surface area contributed by atoms with Gasteiger partial charge < -0.3 is 19.6 Å². The third-order valence-electron chi connectivity index (χ3n) is 2.60. The minimum absolute atomic E-state index is 0.0812. The van der Waals surface area contributed by atoms with Gasteiger partial charge in [-0.05, 0) is 26.9 Å². The zero-order valence-electron chi connectivity index (χ0n) is 9.48. The van der Waals surface area contributed by atoms with Crippen molar-refractivity contribution in [2.24, 2.45) is 0 Å². The standard InChI is InChI=1S/C10H20N2O3/c1-9-8-11(2)4-3-5-12(9)10(14)15-7-6-13/h9,13H,3-8H2,1-2H3. The highest BCUT2D eigenvalue weighted by molar-refractivity contribution is 5.68. The van der Waals surface area contributed by atoms with Crippen LogP contribution >= 0.6 is 0 Å². The Morgan fingerprint density at radius 1 is 1.53 bits per heavy atom. The van der Waals surface area contributed by atoms with Gasteiger partial charge in [-0.3, -0.25) is 0 Å². The highest BCUT2D eigenvalue weighted by Crippen LogP contribution is 2.09. The van der Waals surface area contributed by atoms with Crippen molar-refractivity contribution in [1.29, 1.82) is 0 Å². The summed E-state index contributed by atoms with van der Waals surface area (Å²) in [6.45, 7) is 4.59. The van der Waals surface area contributed by atoms with Gasteiger partial charge in [-0.25, -0.2) is 4.79 Å². The summed E-state index contributed by atoms with van der Waals surface area (Å²) in [5, 5.41) is 8.57. The van der Waals surface area contributed by atoms with Crippen LogP contribution in [-0.4, -0.2) is 66.9 Å². The van der Waals surface area contributed by atoms with Gasteiger partial charge in [0.15, 0.2) is 0 Å². The summed E-state index contributed by atoms with van der Waals surface area (Å²) < 4.78 is 4.91. The van der Waals surface area contributed by atoms with E-state index in [2.05, 4.69) is 11.9 Å². The number of nitrogens with zero attached hydrogens (tertiary/aromatic N) is 2. The molecule has 1 fully saturated rings. The number of amides is 1. The van der Waals surface area contributed by atoms with Gasteiger partial charge in [0.05, 0.1) is 6.61 Å². The minimum Gasteiger partial charge on any atom is -0.447 e. The molecule has 0 saturated carbocycles. The molecule has 0 aromatic heterocycles. The number of aliphatic hydroxyl groups excluding tert-OH is 1. The van der Waals surface area contributed by atoms with Crippen LogP contribution in [-0.2, 0) is 4.74 Å². The van der Waals surface area contributed by atoms with E-state index in [1.807, 2.05) is 6.92 Å². The second kappa shape index (κ2) is 5.92. The fraction of sp³-hybridized carbons (Fsp3) is 0.900. The molecule has 1 N–H and O–H groups in total. The van der Waals surface area contributed by atoms with E-state index in [4.69, 9.17) is 9.84 Å². The molecule has 1 amide bonds. The van der Waals surface area contributed by atoms with Crippen LogP contribution in [0.5, 0.6) is 0 Å². The van der Waals surface area contributed by atoms with Crippen molar-refractivity contribution in [3.63, 3.8) is 0 Å². The topological polar surface area (TPSA) is 53.0 Å². The molecule has 1 atom stereocenters. The lowest BCUT2D eigenvalue weighted by Crippen LogP contribution is -2.42. The molecule has 0 aliphatic carbocycles. The van der Waals surface area contributed by atoms with Crippen molar-refractivity contribution in [2.45, 2.75) is 19.4 Å². The van der Waals surface area contributed by atoms with Gasteiger partial charge >= 0.3 is 6.09 Å². The summed E-state index contributed by atoms with van der Waals surface area (Å²) in [6, 6.07) is 0.170. The van der Waals surface area contributed by atoms with Crippen molar-refractivity contribution in [1.82, 2.24) is 9.80 Å². The number of aliphatic hydroxyl groups is 1. The van der Waals surface area contributed by atoms with Gasteiger partial charge in [-0.2, -0.15) is 0 Å². The second-order valence-corrected chi connectivity index (χ2v) is 4.00. The highest BCUT2D eigenvalue weighted by atomic mass is 16.6. The Hall–Kier alpha value is -0.810. The fourth-order valence-corrected chi connectivity index (χ4v) is 1.86. The Bertz CT molecular complexity index is 211. The third-order valence-corrected chi connectivity index (χ3v) is 2.60. The van der Waals surface area contributed by atoms with Crippen LogP contribution in [0.4, 0.5) is 4.79 Å². The zero-order chi connectivity index (χ0) is 11.3. The number of hydrogen-bond acceptors (Lipinski definition) is 4. The molecule has 0 spiro atoms. The summed E-state index contributed by atoms with van der Waals surface area (Å²) in [4.78, 5) is 15.5. The average Bonchev–Trinajstić information content (AvgIpc) is 2.35. The van der Waals surface area contributed by atoms with Crippen molar-refractivity contribution in [3.05, 3.63) is 0 Å². The molecule has 1 aliphatic heterocycles. The predicted molar refractivity (Wildman–Crippen MR) is 56.7 cm³/mol. The average molecular weight is 216 g/mol.